The molecular weight excluding hydrogens is 304 g/mol. The largest absolute Gasteiger partial charge is 0.354 e. The molecule has 2 unspecified atom stereocenters. The zero-order valence-corrected chi connectivity index (χ0v) is 14.1. The van der Waals surface area contributed by atoms with Crippen molar-refractivity contribution in [1.82, 2.24) is 20.8 Å². The van der Waals surface area contributed by atoms with Gasteiger partial charge in [-0.15, -0.1) is 0 Å². The maximum absolute atomic E-state index is 12.5. The van der Waals surface area contributed by atoms with Crippen LogP contribution in [-0.4, -0.2) is 34.1 Å². The second-order valence-corrected chi connectivity index (χ2v) is 6.82. The summed E-state index contributed by atoms with van der Waals surface area (Å²) >= 11 is 0. The van der Waals surface area contributed by atoms with Crippen LogP contribution in [-0.2, 0) is 4.79 Å². The summed E-state index contributed by atoms with van der Waals surface area (Å²) in [4.78, 5) is 24.8. The molecule has 3 N–H and O–H groups in total. The zero-order valence-electron chi connectivity index (χ0n) is 14.1. The molecule has 1 saturated carbocycles. The van der Waals surface area contributed by atoms with Gasteiger partial charge < -0.3 is 10.6 Å². The van der Waals surface area contributed by atoms with Gasteiger partial charge in [0, 0.05) is 23.4 Å². The molecule has 0 saturated heterocycles. The molecule has 2 aromatic rings. The first kappa shape index (κ1) is 16.5. The summed E-state index contributed by atoms with van der Waals surface area (Å²) in [7, 11) is 0. The number of para-hydroxylation sites is 1. The minimum Gasteiger partial charge on any atom is -0.354 e. The first-order valence-electron chi connectivity index (χ1n) is 8.59. The third kappa shape index (κ3) is 3.58. The first-order valence-corrected chi connectivity index (χ1v) is 8.59. The van der Waals surface area contributed by atoms with Gasteiger partial charge in [-0.1, -0.05) is 24.6 Å². The number of hydrogen-bond acceptors (Lipinski definition) is 3. The van der Waals surface area contributed by atoms with E-state index in [2.05, 4.69) is 20.8 Å². The smallest absolute Gasteiger partial charge is 0.272 e. The normalized spacial score (nSPS) is 21.0. The minimum absolute atomic E-state index is 0.0182. The lowest BCUT2D eigenvalue weighted by Gasteiger charge is -2.29. The highest BCUT2D eigenvalue weighted by molar-refractivity contribution is 6.04. The highest BCUT2D eigenvalue weighted by Crippen LogP contribution is 2.25. The molecule has 6 nitrogen and oxygen atoms in total. The molecule has 2 atom stereocenters. The summed E-state index contributed by atoms with van der Waals surface area (Å²) in [6.45, 7) is 3.92. The number of nitrogens with one attached hydrogen (secondary N) is 3. The van der Waals surface area contributed by atoms with E-state index in [4.69, 9.17) is 0 Å². The van der Waals surface area contributed by atoms with E-state index in [1.54, 1.807) is 0 Å². The lowest BCUT2D eigenvalue weighted by atomic mass is 9.85. The van der Waals surface area contributed by atoms with Crippen molar-refractivity contribution in [2.24, 2.45) is 5.92 Å². The molecule has 0 spiro atoms. The molecule has 6 heteroatoms. The van der Waals surface area contributed by atoms with E-state index < -0.39 is 0 Å². The summed E-state index contributed by atoms with van der Waals surface area (Å²) < 4.78 is 0. The molecule has 1 aliphatic carbocycles. The topological polar surface area (TPSA) is 86.9 Å². The lowest BCUT2D eigenvalue weighted by molar-refractivity contribution is -0.126. The molecule has 1 fully saturated rings. The molecule has 3 rings (SSSR count). The average Bonchev–Trinajstić information content (AvgIpc) is 2.98. The molecule has 0 bridgehead atoms. The summed E-state index contributed by atoms with van der Waals surface area (Å²) in [5.74, 6) is -0.112. The van der Waals surface area contributed by atoms with Crippen molar-refractivity contribution in [2.45, 2.75) is 51.6 Å². The maximum Gasteiger partial charge on any atom is 0.272 e. The highest BCUT2D eigenvalue weighted by atomic mass is 16.2. The van der Waals surface area contributed by atoms with E-state index in [0.29, 0.717) is 12.1 Å². The van der Waals surface area contributed by atoms with E-state index in [1.807, 2.05) is 38.1 Å². The second kappa shape index (κ2) is 7.03. The van der Waals surface area contributed by atoms with E-state index in [0.717, 1.165) is 30.2 Å². The molecule has 0 aliphatic heterocycles. The van der Waals surface area contributed by atoms with Crippen molar-refractivity contribution < 1.29 is 9.59 Å². The Morgan fingerprint density at radius 3 is 2.83 bits per heavy atom. The van der Waals surface area contributed by atoms with Crippen LogP contribution in [0.15, 0.2) is 24.3 Å². The van der Waals surface area contributed by atoms with Crippen molar-refractivity contribution in [3.8, 4) is 0 Å². The molecule has 1 aromatic heterocycles. The number of nitrogens with zero attached hydrogens (tertiary/aromatic N) is 1. The summed E-state index contributed by atoms with van der Waals surface area (Å²) in [6, 6.07) is 7.73. The zero-order chi connectivity index (χ0) is 17.1. The minimum atomic E-state index is -0.178. The number of aromatic nitrogens is 2. The van der Waals surface area contributed by atoms with Gasteiger partial charge in [-0.2, -0.15) is 5.10 Å². The molecule has 0 radical (unpaired) electrons. The van der Waals surface area contributed by atoms with Gasteiger partial charge in [0.05, 0.1) is 5.52 Å². The second-order valence-electron chi connectivity index (χ2n) is 6.82. The number of carbonyl (C=O) groups excluding carboxylic acids is 2. The van der Waals surface area contributed by atoms with Crippen LogP contribution in [0.25, 0.3) is 10.9 Å². The van der Waals surface area contributed by atoms with Crippen LogP contribution < -0.4 is 10.6 Å². The quantitative estimate of drug-likeness (QED) is 0.805. The van der Waals surface area contributed by atoms with Crippen molar-refractivity contribution >= 4 is 22.7 Å². The Labute approximate surface area is 141 Å². The number of amides is 2. The number of hydrogen-bond donors (Lipinski definition) is 3. The Bertz CT molecular complexity index is 737. The van der Waals surface area contributed by atoms with Crippen LogP contribution in [0.2, 0.25) is 0 Å². The molecule has 24 heavy (non-hydrogen) atoms. The van der Waals surface area contributed by atoms with Crippen molar-refractivity contribution in [3.63, 3.8) is 0 Å². The van der Waals surface area contributed by atoms with Gasteiger partial charge in [-0.05, 0) is 39.2 Å². The third-order valence-corrected chi connectivity index (χ3v) is 4.50. The number of H-pyrrole nitrogens is 1. The van der Waals surface area contributed by atoms with Crippen LogP contribution in [0, 0.1) is 5.92 Å². The fraction of sp³-hybridized carbons (Fsp3) is 0.500. The van der Waals surface area contributed by atoms with E-state index in [-0.39, 0.29) is 29.8 Å². The number of rotatable bonds is 4. The van der Waals surface area contributed by atoms with Gasteiger partial charge in [0.1, 0.15) is 0 Å². The van der Waals surface area contributed by atoms with E-state index >= 15 is 0 Å². The fourth-order valence-corrected chi connectivity index (χ4v) is 3.35. The number of fused-ring (bicyclic) bond motifs is 1. The third-order valence-electron chi connectivity index (χ3n) is 4.50. The van der Waals surface area contributed by atoms with Gasteiger partial charge in [0.2, 0.25) is 5.91 Å². The van der Waals surface area contributed by atoms with Crippen LogP contribution in [0.3, 0.4) is 0 Å². The molecule has 1 heterocycles. The summed E-state index contributed by atoms with van der Waals surface area (Å²) in [5.41, 5.74) is 1.26. The Morgan fingerprint density at radius 1 is 1.25 bits per heavy atom. The van der Waals surface area contributed by atoms with Gasteiger partial charge in [0.15, 0.2) is 5.69 Å². The highest BCUT2D eigenvalue weighted by Gasteiger charge is 2.29. The van der Waals surface area contributed by atoms with Gasteiger partial charge in [0.25, 0.3) is 5.91 Å². The lowest BCUT2D eigenvalue weighted by Crippen LogP contribution is -2.43. The average molecular weight is 328 g/mol. The monoisotopic (exact) mass is 328 g/mol. The molecule has 1 aromatic carbocycles. The predicted octanol–water partition coefficient (Wildman–Crippen LogP) is 2.38. The molecule has 128 valence electrons. The van der Waals surface area contributed by atoms with Crippen LogP contribution in [0.1, 0.15) is 50.0 Å². The number of aromatic amines is 1. The van der Waals surface area contributed by atoms with Crippen LogP contribution in [0.4, 0.5) is 0 Å². The van der Waals surface area contributed by atoms with Crippen LogP contribution >= 0.6 is 0 Å². The predicted molar refractivity (Wildman–Crippen MR) is 92.6 cm³/mol. The fourth-order valence-electron chi connectivity index (χ4n) is 3.35. The van der Waals surface area contributed by atoms with E-state index in [9.17, 15) is 9.59 Å². The van der Waals surface area contributed by atoms with Crippen molar-refractivity contribution in [3.05, 3.63) is 30.0 Å². The molecular formula is C18H24N4O2. The summed E-state index contributed by atoms with van der Waals surface area (Å²) in [5, 5.41) is 13.9. The molecule has 2 amide bonds. The Balaban J connectivity index is 1.65. The standard InChI is InChI=1S/C18H24N4O2/c1-11(2)19-17(23)12-6-5-7-13(10-12)20-18(24)16-14-8-3-4-9-15(14)21-22-16/h3-4,8-9,11-13H,5-7,10H2,1-2H3,(H,19,23)(H,20,24)(H,21,22). The Kier molecular flexibility index (Phi) is 4.83. The van der Waals surface area contributed by atoms with Gasteiger partial charge >= 0.3 is 0 Å². The SMILES string of the molecule is CC(C)NC(=O)C1CCCC(NC(=O)c2n[nH]c3ccccc23)C1. The number of carbonyl (C=O) groups is 2. The Hall–Kier alpha value is -2.37. The number of benzene rings is 1. The van der Waals surface area contributed by atoms with Gasteiger partial charge in [-0.25, -0.2) is 0 Å². The summed E-state index contributed by atoms with van der Waals surface area (Å²) in [6.07, 6.45) is 3.42. The van der Waals surface area contributed by atoms with Crippen LogP contribution in [0.5, 0.6) is 0 Å². The van der Waals surface area contributed by atoms with Gasteiger partial charge in [-0.3, -0.25) is 14.7 Å². The molecule has 1 aliphatic rings. The van der Waals surface area contributed by atoms with E-state index in [1.165, 1.54) is 0 Å². The maximum atomic E-state index is 12.5. The Morgan fingerprint density at radius 2 is 2.04 bits per heavy atom. The van der Waals surface area contributed by atoms with Crippen molar-refractivity contribution in [1.29, 1.82) is 0 Å². The first-order chi connectivity index (χ1) is 11.5. The van der Waals surface area contributed by atoms with Crippen molar-refractivity contribution in [2.75, 3.05) is 0 Å².